The molecule has 0 bridgehead atoms. The second-order valence-electron chi connectivity index (χ2n) is 9.26. The van der Waals surface area contributed by atoms with Gasteiger partial charge in [-0.1, -0.05) is 47.5 Å². The lowest BCUT2D eigenvalue weighted by Gasteiger charge is -2.50. The van der Waals surface area contributed by atoms with E-state index in [-0.39, 0.29) is 18.4 Å². The van der Waals surface area contributed by atoms with E-state index >= 15 is 0 Å². The maximum Gasteiger partial charge on any atom is 0.246 e. The van der Waals surface area contributed by atoms with Gasteiger partial charge in [-0.2, -0.15) is 0 Å². The molecule has 1 N–H and O–H groups in total. The number of piperazine rings is 1. The standard InChI is InChI=1S/C24H23Cl2N3O2/c1-24(2,3)28-12-20(30)29-19(23(28)31)11-15-14-6-4-5-7-18(14)27-21(15)22(29)13-8-9-16(25)17(26)10-13/h4-10,19,22,27H,11-12H2,1-3H3/t19-,22+/m0/s1. The zero-order chi connectivity index (χ0) is 22.1. The van der Waals surface area contributed by atoms with Gasteiger partial charge in [0.2, 0.25) is 11.8 Å². The molecule has 5 nitrogen and oxygen atoms in total. The Balaban J connectivity index is 1.73. The minimum atomic E-state index is -0.563. The minimum absolute atomic E-state index is 0.0203. The van der Waals surface area contributed by atoms with Gasteiger partial charge >= 0.3 is 0 Å². The Morgan fingerprint density at radius 3 is 2.48 bits per heavy atom. The molecule has 160 valence electrons. The van der Waals surface area contributed by atoms with Crippen LogP contribution in [0.15, 0.2) is 42.5 Å². The first-order valence-electron chi connectivity index (χ1n) is 10.3. The first-order valence-corrected chi connectivity index (χ1v) is 11.1. The molecule has 0 unspecified atom stereocenters. The van der Waals surface area contributed by atoms with E-state index in [1.807, 2.05) is 45.0 Å². The van der Waals surface area contributed by atoms with Gasteiger partial charge in [0, 0.05) is 28.6 Å². The molecule has 0 aliphatic carbocycles. The second-order valence-corrected chi connectivity index (χ2v) is 10.1. The third kappa shape index (κ3) is 3.14. The van der Waals surface area contributed by atoms with E-state index in [9.17, 15) is 9.59 Å². The van der Waals surface area contributed by atoms with Crippen LogP contribution in [0.2, 0.25) is 10.0 Å². The number of hydrogen-bond acceptors (Lipinski definition) is 2. The summed E-state index contributed by atoms with van der Waals surface area (Å²) in [6.45, 7) is 5.95. The van der Waals surface area contributed by atoms with E-state index in [2.05, 4.69) is 11.1 Å². The van der Waals surface area contributed by atoms with Crippen LogP contribution in [0.1, 0.15) is 43.6 Å². The number of hydrogen-bond donors (Lipinski definition) is 1. The molecule has 2 aliphatic heterocycles. The third-order valence-corrected chi connectivity index (χ3v) is 7.07. The van der Waals surface area contributed by atoms with Crippen molar-refractivity contribution in [3.63, 3.8) is 0 Å². The lowest BCUT2D eigenvalue weighted by molar-refractivity contribution is -0.163. The van der Waals surface area contributed by atoms with Crippen molar-refractivity contribution in [3.8, 4) is 0 Å². The fourth-order valence-corrected chi connectivity index (χ4v) is 5.17. The number of carbonyl (C=O) groups is 2. The first-order chi connectivity index (χ1) is 14.7. The summed E-state index contributed by atoms with van der Waals surface area (Å²) >= 11 is 12.5. The molecule has 0 spiro atoms. The molecule has 1 fully saturated rings. The normalized spacial score (nSPS) is 21.5. The molecule has 2 atom stereocenters. The summed E-state index contributed by atoms with van der Waals surface area (Å²) in [4.78, 5) is 34.0. The number of amides is 2. The highest BCUT2D eigenvalue weighted by molar-refractivity contribution is 6.42. The molecule has 1 saturated heterocycles. The number of nitrogens with zero attached hydrogens (tertiary/aromatic N) is 2. The summed E-state index contributed by atoms with van der Waals surface area (Å²) < 4.78 is 0. The van der Waals surface area contributed by atoms with Gasteiger partial charge in [-0.25, -0.2) is 0 Å². The van der Waals surface area contributed by atoms with Crippen LogP contribution in [-0.4, -0.2) is 44.7 Å². The number of aromatic nitrogens is 1. The summed E-state index contributed by atoms with van der Waals surface area (Å²) in [6, 6.07) is 12.5. The monoisotopic (exact) mass is 455 g/mol. The number of fused-ring (bicyclic) bond motifs is 4. The second kappa shape index (κ2) is 7.01. The van der Waals surface area contributed by atoms with Crippen LogP contribution in [0, 0.1) is 0 Å². The largest absolute Gasteiger partial charge is 0.356 e. The topological polar surface area (TPSA) is 56.4 Å². The van der Waals surface area contributed by atoms with Gasteiger partial charge in [-0.15, -0.1) is 0 Å². The van der Waals surface area contributed by atoms with Gasteiger partial charge in [0.1, 0.15) is 12.6 Å². The highest BCUT2D eigenvalue weighted by Gasteiger charge is 2.50. The molecule has 0 radical (unpaired) electrons. The summed E-state index contributed by atoms with van der Waals surface area (Å²) in [5, 5.41) is 1.95. The molecule has 3 heterocycles. The van der Waals surface area contributed by atoms with Crippen molar-refractivity contribution in [1.29, 1.82) is 0 Å². The number of nitrogens with one attached hydrogen (secondary N) is 1. The maximum absolute atomic E-state index is 13.6. The van der Waals surface area contributed by atoms with E-state index in [0.717, 1.165) is 27.7 Å². The molecule has 2 aromatic carbocycles. The predicted molar refractivity (Wildman–Crippen MR) is 122 cm³/mol. The number of aromatic amines is 1. The maximum atomic E-state index is 13.6. The van der Waals surface area contributed by atoms with Crippen LogP contribution in [0.3, 0.4) is 0 Å². The molecule has 5 rings (SSSR count). The van der Waals surface area contributed by atoms with Crippen molar-refractivity contribution in [3.05, 3.63) is 69.3 Å². The number of H-pyrrole nitrogens is 1. The van der Waals surface area contributed by atoms with Crippen molar-refractivity contribution < 1.29 is 9.59 Å². The number of carbonyl (C=O) groups excluding carboxylic acids is 2. The number of benzene rings is 2. The van der Waals surface area contributed by atoms with Gasteiger partial charge in [0.15, 0.2) is 0 Å². The van der Waals surface area contributed by atoms with Crippen molar-refractivity contribution in [2.24, 2.45) is 0 Å². The Labute approximate surface area is 190 Å². The lowest BCUT2D eigenvalue weighted by Crippen LogP contribution is -2.66. The Kier molecular flexibility index (Phi) is 4.61. The number of halogens is 2. The Bertz CT molecular complexity index is 1230. The number of rotatable bonds is 1. The average molecular weight is 456 g/mol. The van der Waals surface area contributed by atoms with Crippen LogP contribution in [0.25, 0.3) is 10.9 Å². The van der Waals surface area contributed by atoms with Gasteiger partial charge in [-0.05, 0) is 50.1 Å². The summed E-state index contributed by atoms with van der Waals surface area (Å²) in [5.41, 5.74) is 3.39. The van der Waals surface area contributed by atoms with Crippen molar-refractivity contribution in [1.82, 2.24) is 14.8 Å². The van der Waals surface area contributed by atoms with Crippen molar-refractivity contribution >= 4 is 45.9 Å². The van der Waals surface area contributed by atoms with E-state index in [1.165, 1.54) is 0 Å². The SMILES string of the molecule is CC(C)(C)N1CC(=O)N2[C@H](c3ccc(Cl)c(Cl)c3)c3[nH]c4ccccc4c3C[C@H]2C1=O. The quantitative estimate of drug-likeness (QED) is 0.563. The number of para-hydroxylation sites is 1. The van der Waals surface area contributed by atoms with Crippen LogP contribution in [-0.2, 0) is 16.0 Å². The molecule has 2 amide bonds. The minimum Gasteiger partial charge on any atom is -0.356 e. The Morgan fingerprint density at radius 1 is 1.03 bits per heavy atom. The lowest BCUT2D eigenvalue weighted by atomic mass is 9.85. The fraction of sp³-hybridized carbons (Fsp3) is 0.333. The zero-order valence-corrected chi connectivity index (χ0v) is 19.1. The molecular formula is C24H23Cl2N3O2. The molecular weight excluding hydrogens is 433 g/mol. The predicted octanol–water partition coefficient (Wildman–Crippen LogP) is 4.96. The Morgan fingerprint density at radius 2 is 1.77 bits per heavy atom. The van der Waals surface area contributed by atoms with E-state index < -0.39 is 17.6 Å². The van der Waals surface area contributed by atoms with E-state index in [1.54, 1.807) is 21.9 Å². The third-order valence-electron chi connectivity index (χ3n) is 6.33. The molecule has 3 aromatic rings. The van der Waals surface area contributed by atoms with E-state index in [0.29, 0.717) is 16.5 Å². The van der Waals surface area contributed by atoms with Crippen LogP contribution in [0.5, 0.6) is 0 Å². The van der Waals surface area contributed by atoms with Gasteiger partial charge < -0.3 is 14.8 Å². The van der Waals surface area contributed by atoms with E-state index in [4.69, 9.17) is 23.2 Å². The molecule has 0 saturated carbocycles. The molecule has 7 heteroatoms. The van der Waals surface area contributed by atoms with Gasteiger partial charge in [0.25, 0.3) is 0 Å². The smallest absolute Gasteiger partial charge is 0.246 e. The van der Waals surface area contributed by atoms with Crippen LogP contribution in [0.4, 0.5) is 0 Å². The summed E-state index contributed by atoms with van der Waals surface area (Å²) in [7, 11) is 0. The summed E-state index contributed by atoms with van der Waals surface area (Å²) in [6.07, 6.45) is 0.480. The van der Waals surface area contributed by atoms with Crippen molar-refractivity contribution in [2.45, 2.75) is 44.8 Å². The van der Waals surface area contributed by atoms with Crippen LogP contribution >= 0.6 is 23.2 Å². The first kappa shape index (κ1) is 20.4. The molecule has 1 aromatic heterocycles. The highest BCUT2D eigenvalue weighted by Crippen LogP contribution is 2.44. The van der Waals surface area contributed by atoms with Gasteiger partial charge in [0.05, 0.1) is 16.1 Å². The molecule has 2 aliphatic rings. The Hall–Kier alpha value is -2.50. The fourth-order valence-electron chi connectivity index (χ4n) is 4.86. The van der Waals surface area contributed by atoms with Crippen molar-refractivity contribution in [2.75, 3.05) is 6.54 Å². The summed E-state index contributed by atoms with van der Waals surface area (Å²) in [5.74, 6) is -0.0898. The zero-order valence-electron chi connectivity index (χ0n) is 17.6. The highest BCUT2D eigenvalue weighted by atomic mass is 35.5. The van der Waals surface area contributed by atoms with Crippen LogP contribution < -0.4 is 0 Å². The molecule has 31 heavy (non-hydrogen) atoms. The average Bonchev–Trinajstić information content (AvgIpc) is 3.09. The van der Waals surface area contributed by atoms with Gasteiger partial charge in [-0.3, -0.25) is 9.59 Å².